The van der Waals surface area contributed by atoms with Crippen LogP contribution in [-0.2, 0) is 12.0 Å². The summed E-state index contributed by atoms with van der Waals surface area (Å²) in [7, 11) is 0. The summed E-state index contributed by atoms with van der Waals surface area (Å²) in [6.07, 6.45) is 2.87. The number of hydrogen-bond acceptors (Lipinski definition) is 2. The van der Waals surface area contributed by atoms with Crippen LogP contribution in [0.5, 0.6) is 0 Å². The van der Waals surface area contributed by atoms with Gasteiger partial charge in [0.15, 0.2) is 0 Å². The number of rotatable bonds is 5. The molecule has 1 unspecified atom stereocenters. The van der Waals surface area contributed by atoms with Gasteiger partial charge < -0.3 is 10.8 Å². The summed E-state index contributed by atoms with van der Waals surface area (Å²) in [6.45, 7) is 4.26. The molecule has 0 spiro atoms. The van der Waals surface area contributed by atoms with Crippen LogP contribution in [-0.4, -0.2) is 11.7 Å². The van der Waals surface area contributed by atoms with E-state index >= 15 is 0 Å². The summed E-state index contributed by atoms with van der Waals surface area (Å²) in [5.41, 5.74) is 8.14. The van der Waals surface area contributed by atoms with Gasteiger partial charge in [0, 0.05) is 12.1 Å². The Balaban J connectivity index is 2.78. The number of nitrogens with two attached hydrogens (primary N) is 1. The standard InChI is InChI=1S/C13H21NO/c1-3-4-11-5-7-12(8-6-11)13(2,14)9-10-15/h5-8,15H,3-4,9-10,14H2,1-2H3. The van der Waals surface area contributed by atoms with Gasteiger partial charge in [-0.05, 0) is 30.9 Å². The van der Waals surface area contributed by atoms with Gasteiger partial charge in [0.25, 0.3) is 0 Å². The summed E-state index contributed by atoms with van der Waals surface area (Å²) < 4.78 is 0. The van der Waals surface area contributed by atoms with Crippen LogP contribution >= 0.6 is 0 Å². The number of aryl methyl sites for hydroxylation is 1. The van der Waals surface area contributed by atoms with Crippen LogP contribution in [0.4, 0.5) is 0 Å². The van der Waals surface area contributed by atoms with Crippen LogP contribution in [0.25, 0.3) is 0 Å². The first kappa shape index (κ1) is 12.2. The molecule has 0 aliphatic rings. The molecule has 0 aromatic heterocycles. The minimum absolute atomic E-state index is 0.129. The average molecular weight is 207 g/mol. The molecule has 0 fully saturated rings. The topological polar surface area (TPSA) is 46.2 Å². The quantitative estimate of drug-likeness (QED) is 0.777. The fraction of sp³-hybridized carbons (Fsp3) is 0.538. The monoisotopic (exact) mass is 207 g/mol. The molecule has 0 bridgehead atoms. The molecule has 1 aromatic carbocycles. The molecule has 15 heavy (non-hydrogen) atoms. The summed E-state index contributed by atoms with van der Waals surface area (Å²) in [5.74, 6) is 0. The van der Waals surface area contributed by atoms with E-state index in [2.05, 4.69) is 31.2 Å². The van der Waals surface area contributed by atoms with Crippen LogP contribution in [0, 0.1) is 0 Å². The van der Waals surface area contributed by atoms with E-state index in [9.17, 15) is 0 Å². The van der Waals surface area contributed by atoms with Crippen LogP contribution in [0.1, 0.15) is 37.8 Å². The number of hydrogen-bond donors (Lipinski definition) is 2. The van der Waals surface area contributed by atoms with E-state index in [1.54, 1.807) is 0 Å². The van der Waals surface area contributed by atoms with Crippen LogP contribution < -0.4 is 5.73 Å². The zero-order valence-corrected chi connectivity index (χ0v) is 9.66. The van der Waals surface area contributed by atoms with Crippen LogP contribution in [0.2, 0.25) is 0 Å². The highest BCUT2D eigenvalue weighted by Crippen LogP contribution is 2.21. The van der Waals surface area contributed by atoms with Gasteiger partial charge in [0.1, 0.15) is 0 Å². The molecule has 0 aliphatic heterocycles. The van der Waals surface area contributed by atoms with Gasteiger partial charge in [-0.2, -0.15) is 0 Å². The first-order chi connectivity index (χ1) is 7.10. The summed E-state index contributed by atoms with van der Waals surface area (Å²) in [4.78, 5) is 0. The molecule has 0 amide bonds. The minimum atomic E-state index is -0.417. The number of benzene rings is 1. The normalized spacial score (nSPS) is 14.9. The Bertz CT molecular complexity index is 290. The third-order valence-corrected chi connectivity index (χ3v) is 2.78. The SMILES string of the molecule is CCCc1ccc(C(C)(N)CCO)cc1. The Hall–Kier alpha value is -0.860. The molecular weight excluding hydrogens is 186 g/mol. The maximum Gasteiger partial charge on any atom is 0.0451 e. The Morgan fingerprint density at radius 3 is 2.33 bits per heavy atom. The maximum absolute atomic E-state index is 8.92. The van der Waals surface area contributed by atoms with Crippen molar-refractivity contribution in [2.24, 2.45) is 5.73 Å². The molecule has 0 saturated carbocycles. The highest BCUT2D eigenvalue weighted by Gasteiger charge is 2.19. The van der Waals surface area contributed by atoms with E-state index in [0.717, 1.165) is 18.4 Å². The van der Waals surface area contributed by atoms with E-state index in [0.29, 0.717) is 6.42 Å². The molecule has 2 nitrogen and oxygen atoms in total. The lowest BCUT2D eigenvalue weighted by Crippen LogP contribution is -2.33. The van der Waals surface area contributed by atoms with Crippen molar-refractivity contribution in [3.63, 3.8) is 0 Å². The van der Waals surface area contributed by atoms with Crippen molar-refractivity contribution in [3.05, 3.63) is 35.4 Å². The zero-order chi connectivity index (χ0) is 11.3. The fourth-order valence-electron chi connectivity index (χ4n) is 1.72. The van der Waals surface area contributed by atoms with Crippen molar-refractivity contribution in [1.29, 1.82) is 0 Å². The maximum atomic E-state index is 8.92. The van der Waals surface area contributed by atoms with Gasteiger partial charge >= 0.3 is 0 Å². The summed E-state index contributed by atoms with van der Waals surface area (Å²) >= 11 is 0. The lowest BCUT2D eigenvalue weighted by molar-refractivity contribution is 0.247. The first-order valence-electron chi connectivity index (χ1n) is 5.59. The average Bonchev–Trinajstić information content (AvgIpc) is 2.19. The molecule has 2 heteroatoms. The predicted octanol–water partition coefficient (Wildman–Crippen LogP) is 2.20. The van der Waals surface area contributed by atoms with Crippen molar-refractivity contribution in [2.75, 3.05) is 6.61 Å². The molecule has 0 radical (unpaired) electrons. The fourth-order valence-corrected chi connectivity index (χ4v) is 1.72. The van der Waals surface area contributed by atoms with Gasteiger partial charge in [-0.1, -0.05) is 37.6 Å². The van der Waals surface area contributed by atoms with Gasteiger partial charge in [-0.3, -0.25) is 0 Å². The van der Waals surface area contributed by atoms with Gasteiger partial charge in [0.05, 0.1) is 0 Å². The van der Waals surface area contributed by atoms with E-state index in [1.165, 1.54) is 5.56 Å². The molecule has 0 heterocycles. The molecule has 1 atom stereocenters. The Kier molecular flexibility index (Phi) is 4.30. The molecular formula is C13H21NO. The summed E-state index contributed by atoms with van der Waals surface area (Å²) in [6, 6.07) is 8.39. The van der Waals surface area contributed by atoms with Crippen molar-refractivity contribution in [2.45, 2.75) is 38.6 Å². The van der Waals surface area contributed by atoms with Crippen molar-refractivity contribution in [1.82, 2.24) is 0 Å². The van der Waals surface area contributed by atoms with Crippen molar-refractivity contribution < 1.29 is 5.11 Å². The minimum Gasteiger partial charge on any atom is -0.396 e. The Labute approximate surface area is 92.1 Å². The smallest absolute Gasteiger partial charge is 0.0451 e. The molecule has 3 N–H and O–H groups in total. The van der Waals surface area contributed by atoms with Crippen molar-refractivity contribution in [3.8, 4) is 0 Å². The largest absolute Gasteiger partial charge is 0.396 e. The van der Waals surface area contributed by atoms with Crippen molar-refractivity contribution >= 4 is 0 Å². The molecule has 1 rings (SSSR count). The first-order valence-corrected chi connectivity index (χ1v) is 5.59. The number of aliphatic hydroxyl groups excluding tert-OH is 1. The summed E-state index contributed by atoms with van der Waals surface area (Å²) in [5, 5.41) is 8.92. The van der Waals surface area contributed by atoms with Gasteiger partial charge in [-0.25, -0.2) is 0 Å². The van der Waals surface area contributed by atoms with Gasteiger partial charge in [0.2, 0.25) is 0 Å². The molecule has 0 aliphatic carbocycles. The lowest BCUT2D eigenvalue weighted by Gasteiger charge is -2.24. The molecule has 1 aromatic rings. The predicted molar refractivity (Wildman–Crippen MR) is 63.7 cm³/mol. The lowest BCUT2D eigenvalue weighted by atomic mass is 9.89. The third kappa shape index (κ3) is 3.33. The molecule has 84 valence electrons. The molecule has 0 saturated heterocycles. The third-order valence-electron chi connectivity index (χ3n) is 2.78. The highest BCUT2D eigenvalue weighted by molar-refractivity contribution is 5.27. The van der Waals surface area contributed by atoms with E-state index in [-0.39, 0.29) is 6.61 Å². The van der Waals surface area contributed by atoms with E-state index in [1.807, 2.05) is 6.92 Å². The Morgan fingerprint density at radius 1 is 1.27 bits per heavy atom. The highest BCUT2D eigenvalue weighted by atomic mass is 16.3. The second-order valence-corrected chi connectivity index (χ2v) is 4.34. The van der Waals surface area contributed by atoms with Crippen LogP contribution in [0.15, 0.2) is 24.3 Å². The zero-order valence-electron chi connectivity index (χ0n) is 9.66. The number of aliphatic hydroxyl groups is 1. The van der Waals surface area contributed by atoms with Gasteiger partial charge in [-0.15, -0.1) is 0 Å². The second kappa shape index (κ2) is 5.29. The Morgan fingerprint density at radius 2 is 1.87 bits per heavy atom. The van der Waals surface area contributed by atoms with E-state index < -0.39 is 5.54 Å². The van der Waals surface area contributed by atoms with E-state index in [4.69, 9.17) is 10.8 Å². The second-order valence-electron chi connectivity index (χ2n) is 4.34. The van der Waals surface area contributed by atoms with Crippen LogP contribution in [0.3, 0.4) is 0 Å².